The molecule has 1 unspecified atom stereocenters. The minimum absolute atomic E-state index is 0. The molecule has 2 heterocycles. The van der Waals surface area contributed by atoms with E-state index in [1.54, 1.807) is 11.0 Å². The summed E-state index contributed by atoms with van der Waals surface area (Å²) in [6.07, 6.45) is 0.815. The first kappa shape index (κ1) is 35.6. The van der Waals surface area contributed by atoms with E-state index in [1.807, 2.05) is 0 Å². The highest BCUT2D eigenvalue weighted by atomic mass is 35.5. The van der Waals surface area contributed by atoms with Crippen molar-refractivity contribution in [2.45, 2.75) is 50.2 Å². The average molecular weight is 718 g/mol. The monoisotopic (exact) mass is 716 g/mol. The number of carbonyl (C=O) groups is 3. The fourth-order valence-corrected chi connectivity index (χ4v) is 7.61. The van der Waals surface area contributed by atoms with Gasteiger partial charge >= 0.3 is 11.7 Å². The minimum Gasteiger partial charge on any atom is -0.490 e. The zero-order chi connectivity index (χ0) is 34.7. The molecule has 16 heteroatoms. The normalized spacial score (nSPS) is 22.6. The zero-order valence-electron chi connectivity index (χ0n) is 25.4. The number of benzene rings is 3. The summed E-state index contributed by atoms with van der Waals surface area (Å²) in [7, 11) is 2.15. The van der Waals surface area contributed by atoms with Gasteiger partial charge in [0.1, 0.15) is 16.9 Å². The Morgan fingerprint density at radius 2 is 1.78 bits per heavy atom. The molecule has 258 valence electrons. The standard InChI is InChI=1S/C32H27Cl2FN4O9.CH4/c1-47-29-19(30(41)48-2)10-9-17(27(29)38(43)44)24(40)13-23-28(39(45)46)25(18-4-3-5-21(34)26(18)35)32(37(23)14-15-6-7-15)20-11-8-16(33)12-22(20)36-31(32)42;/h3-5,8-12,15,23,25,28H,6-7,13-14H2,1-2H3,(H,36,42);1H4/t23-,25-,28?,32+;/m0./s1. The van der Waals surface area contributed by atoms with Gasteiger partial charge < -0.3 is 14.8 Å². The second-order valence-electron chi connectivity index (χ2n) is 11.9. The van der Waals surface area contributed by atoms with Crippen molar-refractivity contribution >= 4 is 52.2 Å². The van der Waals surface area contributed by atoms with E-state index in [2.05, 4.69) is 5.32 Å². The predicted molar refractivity (Wildman–Crippen MR) is 177 cm³/mol. The lowest BCUT2D eigenvalue weighted by Crippen LogP contribution is -2.53. The summed E-state index contributed by atoms with van der Waals surface area (Å²) in [4.78, 5) is 66.4. The lowest BCUT2D eigenvalue weighted by molar-refractivity contribution is -0.528. The first-order chi connectivity index (χ1) is 22.9. The number of amides is 1. The molecule has 1 spiro atoms. The number of ketones is 1. The number of methoxy groups -OCH3 is 2. The van der Waals surface area contributed by atoms with Crippen LogP contribution >= 0.6 is 23.2 Å². The smallest absolute Gasteiger partial charge is 0.341 e. The number of fused-ring (bicyclic) bond motifs is 2. The van der Waals surface area contributed by atoms with Crippen molar-refractivity contribution < 1.29 is 38.1 Å². The van der Waals surface area contributed by atoms with Gasteiger partial charge in [0.05, 0.1) is 41.7 Å². The summed E-state index contributed by atoms with van der Waals surface area (Å²) >= 11 is 12.4. The van der Waals surface area contributed by atoms with Crippen molar-refractivity contribution in [2.24, 2.45) is 5.92 Å². The molecular formula is C33H31Cl2FN4O9. The summed E-state index contributed by atoms with van der Waals surface area (Å²) in [5, 5.41) is 28.2. The van der Waals surface area contributed by atoms with Gasteiger partial charge in [-0.1, -0.05) is 48.8 Å². The van der Waals surface area contributed by atoms with Crippen molar-refractivity contribution in [3.63, 3.8) is 0 Å². The van der Waals surface area contributed by atoms with Crippen molar-refractivity contribution in [3.8, 4) is 5.75 Å². The Balaban J connectivity index is 0.00000468. The van der Waals surface area contributed by atoms with Crippen LogP contribution < -0.4 is 10.1 Å². The Kier molecular flexibility index (Phi) is 9.70. The second kappa shape index (κ2) is 13.3. The average Bonchev–Trinajstić information content (AvgIpc) is 3.77. The van der Waals surface area contributed by atoms with Crippen molar-refractivity contribution in [2.75, 3.05) is 26.1 Å². The number of Topliss-reactive ketones (excluding diaryl/α,β-unsaturated/α-hetero) is 1. The zero-order valence-corrected chi connectivity index (χ0v) is 26.9. The molecule has 3 aliphatic rings. The van der Waals surface area contributed by atoms with E-state index in [4.69, 9.17) is 32.7 Å². The fraction of sp³-hybridized carbons (Fsp3) is 0.364. The third-order valence-electron chi connectivity index (χ3n) is 9.36. The summed E-state index contributed by atoms with van der Waals surface area (Å²) in [6.45, 7) is 0.128. The first-order valence-electron chi connectivity index (χ1n) is 14.8. The van der Waals surface area contributed by atoms with Crippen molar-refractivity contribution in [1.29, 1.82) is 0 Å². The quantitative estimate of drug-likeness (QED) is 0.107. The molecule has 13 nitrogen and oxygen atoms in total. The van der Waals surface area contributed by atoms with E-state index in [0.29, 0.717) is 5.56 Å². The van der Waals surface area contributed by atoms with Crippen LogP contribution in [0.3, 0.4) is 0 Å². The Hall–Kier alpha value is -4.66. The summed E-state index contributed by atoms with van der Waals surface area (Å²) < 4.78 is 25.9. The largest absolute Gasteiger partial charge is 0.490 e. The number of rotatable bonds is 10. The molecule has 3 aromatic rings. The Labute approximate surface area is 289 Å². The maximum atomic E-state index is 16.0. The van der Waals surface area contributed by atoms with Gasteiger partial charge in [-0.05, 0) is 49.1 Å². The number of likely N-dealkylation sites (tertiary alicyclic amines) is 1. The molecule has 1 saturated carbocycles. The Bertz CT molecular complexity index is 1910. The highest BCUT2D eigenvalue weighted by molar-refractivity contribution is 6.31. The molecule has 1 aliphatic carbocycles. The van der Waals surface area contributed by atoms with Gasteiger partial charge in [-0.3, -0.25) is 34.7 Å². The fourth-order valence-electron chi connectivity index (χ4n) is 7.26. The molecule has 0 aromatic heterocycles. The molecular weight excluding hydrogens is 686 g/mol. The van der Waals surface area contributed by atoms with E-state index < -0.39 is 80.3 Å². The number of hydrogen-bond acceptors (Lipinski definition) is 10. The molecule has 49 heavy (non-hydrogen) atoms. The highest BCUT2D eigenvalue weighted by Crippen LogP contribution is 2.60. The van der Waals surface area contributed by atoms with Crippen LogP contribution in [0.1, 0.15) is 64.4 Å². The topological polar surface area (TPSA) is 171 Å². The van der Waals surface area contributed by atoms with Crippen LogP contribution in [-0.2, 0) is 15.1 Å². The minimum atomic E-state index is -1.89. The lowest BCUT2D eigenvalue weighted by Gasteiger charge is -2.38. The predicted octanol–water partition coefficient (Wildman–Crippen LogP) is 6.42. The van der Waals surface area contributed by atoms with E-state index in [-0.39, 0.29) is 46.7 Å². The number of nitro groups is 2. The Morgan fingerprint density at radius 1 is 1.08 bits per heavy atom. The van der Waals surface area contributed by atoms with E-state index in [0.717, 1.165) is 39.2 Å². The molecule has 1 N–H and O–H groups in total. The van der Waals surface area contributed by atoms with Crippen LogP contribution in [0.5, 0.6) is 5.75 Å². The number of carbonyl (C=O) groups excluding carboxylic acids is 3. The lowest BCUT2D eigenvalue weighted by atomic mass is 9.73. The van der Waals surface area contributed by atoms with E-state index in [9.17, 15) is 34.6 Å². The van der Waals surface area contributed by atoms with Gasteiger partial charge in [-0.2, -0.15) is 0 Å². The number of hydrogen-bond donors (Lipinski definition) is 1. The van der Waals surface area contributed by atoms with Crippen LogP contribution in [0.25, 0.3) is 0 Å². The van der Waals surface area contributed by atoms with Crippen molar-refractivity contribution in [3.05, 3.63) is 107 Å². The Morgan fingerprint density at radius 3 is 2.39 bits per heavy atom. The van der Waals surface area contributed by atoms with Gasteiger partial charge in [0.25, 0.3) is 5.91 Å². The van der Waals surface area contributed by atoms with Crippen LogP contribution in [0, 0.1) is 32.0 Å². The van der Waals surface area contributed by atoms with Crippen LogP contribution in [0.2, 0.25) is 10.0 Å². The maximum absolute atomic E-state index is 16.0. The number of esters is 1. The first-order valence-corrected chi connectivity index (χ1v) is 15.5. The molecule has 3 aromatic carbocycles. The number of nitrogens with zero attached hydrogens (tertiary/aromatic N) is 3. The van der Waals surface area contributed by atoms with Crippen LogP contribution in [0.15, 0.2) is 48.5 Å². The number of ether oxygens (including phenoxy) is 2. The summed E-state index contributed by atoms with van der Waals surface area (Å²) in [5.41, 5.74) is -3.14. The van der Waals surface area contributed by atoms with Gasteiger partial charge in [0.2, 0.25) is 11.8 Å². The summed E-state index contributed by atoms with van der Waals surface area (Å²) in [5.74, 6) is -5.51. The number of anilines is 1. The van der Waals surface area contributed by atoms with Crippen LogP contribution in [-0.4, -0.2) is 65.3 Å². The van der Waals surface area contributed by atoms with E-state index in [1.165, 1.54) is 30.3 Å². The number of nitro benzene ring substituents is 1. The van der Waals surface area contributed by atoms with Crippen molar-refractivity contribution in [1.82, 2.24) is 4.90 Å². The maximum Gasteiger partial charge on any atom is 0.341 e. The second-order valence-corrected chi connectivity index (χ2v) is 12.7. The van der Waals surface area contributed by atoms with Gasteiger partial charge in [-0.25, -0.2) is 9.18 Å². The number of nitrogens with one attached hydrogen (secondary N) is 1. The molecule has 4 atom stereocenters. The van der Waals surface area contributed by atoms with Crippen LogP contribution in [0.4, 0.5) is 15.8 Å². The highest BCUT2D eigenvalue weighted by Gasteiger charge is 2.72. The molecule has 2 aliphatic heterocycles. The molecule has 2 fully saturated rings. The van der Waals surface area contributed by atoms with Gasteiger partial charge in [0.15, 0.2) is 5.78 Å². The van der Waals surface area contributed by atoms with E-state index >= 15 is 4.39 Å². The number of halogens is 3. The third-order valence-corrected chi connectivity index (χ3v) is 9.88. The molecule has 6 rings (SSSR count). The molecule has 0 radical (unpaired) electrons. The molecule has 1 saturated heterocycles. The van der Waals surface area contributed by atoms with Gasteiger partial charge in [-0.15, -0.1) is 0 Å². The summed E-state index contributed by atoms with van der Waals surface area (Å²) in [6, 6.07) is 7.62. The SMILES string of the molecule is C.COC(=O)c1ccc(C(=O)C[C@H]2C([N+](=O)[O-])[C@H](c3cccc(Cl)c3F)[C@]3(C(=O)Nc4cc(Cl)ccc43)N2CC2CC2)c([N+](=O)[O-])c1OC. The van der Waals surface area contributed by atoms with Gasteiger partial charge in [0, 0.05) is 39.7 Å². The third kappa shape index (κ3) is 5.67. The molecule has 1 amide bonds. The molecule has 0 bridgehead atoms.